The minimum absolute atomic E-state index is 0.0571. The van der Waals surface area contributed by atoms with Gasteiger partial charge < -0.3 is 20.1 Å². The average Bonchev–Trinajstić information content (AvgIpc) is 2.55. The second kappa shape index (κ2) is 10.1. The van der Waals surface area contributed by atoms with Crippen molar-refractivity contribution in [3.8, 4) is 11.5 Å². The first-order valence-electron chi connectivity index (χ1n) is 7.77. The molecule has 0 aromatic heterocycles. The van der Waals surface area contributed by atoms with E-state index in [1.807, 2.05) is 20.8 Å². The smallest absolute Gasteiger partial charge is 0.332 e. The van der Waals surface area contributed by atoms with Crippen LogP contribution in [-0.4, -0.2) is 49.4 Å². The van der Waals surface area contributed by atoms with E-state index in [-0.39, 0.29) is 12.5 Å². The largest absolute Gasteiger partial charge is 0.490 e. The van der Waals surface area contributed by atoms with E-state index >= 15 is 0 Å². The van der Waals surface area contributed by atoms with Crippen molar-refractivity contribution in [3.63, 3.8) is 0 Å². The van der Waals surface area contributed by atoms with E-state index in [4.69, 9.17) is 15.2 Å². The van der Waals surface area contributed by atoms with E-state index < -0.39 is 6.03 Å². The number of amides is 3. The molecule has 3 amide bonds. The number of carbonyl (C=O) groups excluding carboxylic acids is 2. The third-order valence-corrected chi connectivity index (χ3v) is 3.12. The molecule has 0 aliphatic heterocycles. The van der Waals surface area contributed by atoms with Gasteiger partial charge in [-0.3, -0.25) is 4.79 Å². The van der Waals surface area contributed by atoms with Gasteiger partial charge in [0.15, 0.2) is 18.1 Å². The summed E-state index contributed by atoms with van der Waals surface area (Å²) in [4.78, 5) is 24.3. The highest BCUT2D eigenvalue weighted by atomic mass is 16.5. The molecule has 0 fully saturated rings. The van der Waals surface area contributed by atoms with Gasteiger partial charge in [-0.15, -0.1) is 0 Å². The van der Waals surface area contributed by atoms with E-state index in [9.17, 15) is 9.59 Å². The van der Waals surface area contributed by atoms with Crippen molar-refractivity contribution in [2.24, 2.45) is 10.8 Å². The number of urea groups is 1. The van der Waals surface area contributed by atoms with Crippen molar-refractivity contribution in [3.05, 3.63) is 23.8 Å². The number of hydrazone groups is 1. The summed E-state index contributed by atoms with van der Waals surface area (Å²) in [6.45, 7) is 7.35. The summed E-state index contributed by atoms with van der Waals surface area (Å²) in [5.41, 5.74) is 7.73. The third kappa shape index (κ3) is 6.15. The van der Waals surface area contributed by atoms with Crippen molar-refractivity contribution in [1.29, 1.82) is 0 Å². The van der Waals surface area contributed by atoms with Gasteiger partial charge in [0, 0.05) is 13.1 Å². The van der Waals surface area contributed by atoms with Gasteiger partial charge >= 0.3 is 6.03 Å². The molecule has 0 bridgehead atoms. The molecule has 0 saturated heterocycles. The first kappa shape index (κ1) is 19.3. The van der Waals surface area contributed by atoms with Gasteiger partial charge in [-0.05, 0) is 44.5 Å². The lowest BCUT2D eigenvalue weighted by Gasteiger charge is -2.19. The van der Waals surface area contributed by atoms with Crippen LogP contribution in [0.4, 0.5) is 4.79 Å². The Balaban J connectivity index is 2.81. The normalized spacial score (nSPS) is 10.5. The number of nitrogens with two attached hydrogens (primary N) is 1. The van der Waals surface area contributed by atoms with Crippen LogP contribution in [0.1, 0.15) is 26.3 Å². The van der Waals surface area contributed by atoms with E-state index in [1.165, 1.54) is 6.21 Å². The Labute approximate surface area is 141 Å². The zero-order valence-electron chi connectivity index (χ0n) is 14.2. The van der Waals surface area contributed by atoms with Gasteiger partial charge in [0.1, 0.15) is 0 Å². The van der Waals surface area contributed by atoms with Crippen molar-refractivity contribution in [1.82, 2.24) is 10.3 Å². The first-order chi connectivity index (χ1) is 11.5. The number of nitrogens with zero attached hydrogens (tertiary/aromatic N) is 2. The highest BCUT2D eigenvalue weighted by Gasteiger charge is 2.12. The Morgan fingerprint density at radius 2 is 1.92 bits per heavy atom. The molecule has 8 nitrogen and oxygen atoms in total. The SMILES string of the molecule is CCOc1cc(/C=N\NC(N)=O)ccc1OCC(=O)N(CC)CC. The molecule has 0 unspecified atom stereocenters. The quantitative estimate of drug-likeness (QED) is 0.524. The number of hydrogen-bond acceptors (Lipinski definition) is 5. The number of benzene rings is 1. The van der Waals surface area contributed by atoms with Crippen molar-refractivity contribution < 1.29 is 19.1 Å². The molecule has 0 saturated carbocycles. The van der Waals surface area contributed by atoms with Crippen LogP contribution in [-0.2, 0) is 4.79 Å². The number of likely N-dealkylation sites (N-methyl/N-ethyl adjacent to an activating group) is 1. The number of ether oxygens (including phenoxy) is 2. The molecule has 24 heavy (non-hydrogen) atoms. The summed E-state index contributed by atoms with van der Waals surface area (Å²) in [5.74, 6) is 0.879. The molecule has 0 heterocycles. The van der Waals surface area contributed by atoms with Crippen LogP contribution in [0.5, 0.6) is 11.5 Å². The highest BCUT2D eigenvalue weighted by Crippen LogP contribution is 2.28. The maximum atomic E-state index is 12.0. The van der Waals surface area contributed by atoms with Gasteiger partial charge in [0.25, 0.3) is 5.91 Å². The number of nitrogens with one attached hydrogen (secondary N) is 1. The number of rotatable bonds is 9. The van der Waals surface area contributed by atoms with Gasteiger partial charge in [-0.2, -0.15) is 5.10 Å². The molecule has 0 radical (unpaired) electrons. The second-order valence-corrected chi connectivity index (χ2v) is 4.73. The van der Waals surface area contributed by atoms with Crippen LogP contribution in [0, 0.1) is 0 Å². The van der Waals surface area contributed by atoms with Crippen molar-refractivity contribution in [2.75, 3.05) is 26.3 Å². The van der Waals surface area contributed by atoms with Crippen LogP contribution in [0.3, 0.4) is 0 Å². The standard InChI is InChI=1S/C16H24N4O4/c1-4-20(5-2)15(21)11-24-13-8-7-12(9-14(13)23-6-3)10-18-19-16(17)22/h7-10H,4-6,11H2,1-3H3,(H3,17,19,22)/b18-10-. The maximum Gasteiger partial charge on any atom is 0.332 e. The van der Waals surface area contributed by atoms with Gasteiger partial charge in [0.2, 0.25) is 0 Å². The van der Waals surface area contributed by atoms with Crippen LogP contribution in [0.15, 0.2) is 23.3 Å². The Morgan fingerprint density at radius 3 is 2.50 bits per heavy atom. The summed E-state index contributed by atoms with van der Waals surface area (Å²) in [5, 5.41) is 3.68. The maximum absolute atomic E-state index is 12.0. The van der Waals surface area contributed by atoms with Gasteiger partial charge in [-0.25, -0.2) is 10.2 Å². The van der Waals surface area contributed by atoms with Crippen LogP contribution >= 0.6 is 0 Å². The van der Waals surface area contributed by atoms with Crippen molar-refractivity contribution >= 4 is 18.2 Å². The lowest BCUT2D eigenvalue weighted by molar-refractivity contribution is -0.132. The summed E-state index contributed by atoms with van der Waals surface area (Å²) in [7, 11) is 0. The van der Waals surface area contributed by atoms with Gasteiger partial charge in [0.05, 0.1) is 12.8 Å². The molecule has 0 atom stereocenters. The lowest BCUT2D eigenvalue weighted by atomic mass is 10.2. The molecule has 3 N–H and O–H groups in total. The zero-order valence-corrected chi connectivity index (χ0v) is 14.2. The fraction of sp³-hybridized carbons (Fsp3) is 0.438. The molecule has 8 heteroatoms. The predicted molar refractivity (Wildman–Crippen MR) is 91.3 cm³/mol. The lowest BCUT2D eigenvalue weighted by Crippen LogP contribution is -2.34. The fourth-order valence-electron chi connectivity index (χ4n) is 1.97. The monoisotopic (exact) mass is 336 g/mol. The Bertz CT molecular complexity index is 585. The van der Waals surface area contributed by atoms with Gasteiger partial charge in [-0.1, -0.05) is 0 Å². The molecule has 0 spiro atoms. The molecular weight excluding hydrogens is 312 g/mol. The van der Waals surface area contributed by atoms with Crippen molar-refractivity contribution in [2.45, 2.75) is 20.8 Å². The van der Waals surface area contributed by atoms with Crippen LogP contribution in [0.2, 0.25) is 0 Å². The molecule has 1 aromatic rings. The zero-order chi connectivity index (χ0) is 17.9. The number of hydrogen-bond donors (Lipinski definition) is 2. The van der Waals surface area contributed by atoms with Crippen LogP contribution < -0.4 is 20.6 Å². The fourth-order valence-corrected chi connectivity index (χ4v) is 1.97. The molecular formula is C16H24N4O4. The molecule has 1 aromatic carbocycles. The Kier molecular flexibility index (Phi) is 8.10. The highest BCUT2D eigenvalue weighted by molar-refractivity contribution is 5.82. The molecule has 0 aliphatic rings. The van der Waals surface area contributed by atoms with Crippen LogP contribution in [0.25, 0.3) is 0 Å². The first-order valence-corrected chi connectivity index (χ1v) is 7.77. The number of primary amides is 1. The third-order valence-electron chi connectivity index (χ3n) is 3.12. The Morgan fingerprint density at radius 1 is 1.21 bits per heavy atom. The number of carbonyl (C=O) groups is 2. The minimum atomic E-state index is -0.744. The molecule has 1 rings (SSSR count). The van der Waals surface area contributed by atoms with E-state index in [2.05, 4.69) is 10.5 Å². The molecule has 0 aliphatic carbocycles. The predicted octanol–water partition coefficient (Wildman–Crippen LogP) is 1.33. The summed E-state index contributed by atoms with van der Waals surface area (Å²) in [6, 6.07) is 4.37. The van der Waals surface area contributed by atoms with E-state index in [0.717, 1.165) is 0 Å². The average molecular weight is 336 g/mol. The topological polar surface area (TPSA) is 106 Å². The summed E-state index contributed by atoms with van der Waals surface area (Å²) in [6.07, 6.45) is 1.43. The summed E-state index contributed by atoms with van der Waals surface area (Å²) < 4.78 is 11.1. The van der Waals surface area contributed by atoms with E-state index in [0.29, 0.717) is 36.8 Å². The van der Waals surface area contributed by atoms with E-state index in [1.54, 1.807) is 23.1 Å². The Hall–Kier alpha value is -2.77. The second-order valence-electron chi connectivity index (χ2n) is 4.73. The summed E-state index contributed by atoms with van der Waals surface area (Å²) >= 11 is 0. The minimum Gasteiger partial charge on any atom is -0.490 e. The molecule has 132 valence electrons.